The van der Waals surface area contributed by atoms with Gasteiger partial charge >= 0.3 is 6.18 Å². The Morgan fingerprint density at radius 1 is 1.50 bits per heavy atom. The lowest BCUT2D eigenvalue weighted by Gasteiger charge is -2.07. The predicted octanol–water partition coefficient (Wildman–Crippen LogP) is 2.96. The molecule has 2 nitrogen and oxygen atoms in total. The van der Waals surface area contributed by atoms with Crippen LogP contribution >= 0.6 is 11.6 Å². The molecule has 0 aliphatic carbocycles. The Labute approximate surface area is 82.7 Å². The molecule has 0 aromatic carbocycles. The summed E-state index contributed by atoms with van der Waals surface area (Å²) in [6, 6.07) is 0.644. The van der Waals surface area contributed by atoms with E-state index in [2.05, 4.69) is 4.98 Å². The van der Waals surface area contributed by atoms with Gasteiger partial charge in [-0.3, -0.25) is 9.78 Å². The lowest BCUT2D eigenvalue weighted by Crippen LogP contribution is -2.09. The van der Waals surface area contributed by atoms with Crippen molar-refractivity contribution in [1.29, 1.82) is 0 Å². The van der Waals surface area contributed by atoms with Crippen molar-refractivity contribution in [2.24, 2.45) is 0 Å². The first-order valence-electron chi connectivity index (χ1n) is 3.56. The van der Waals surface area contributed by atoms with Crippen LogP contribution in [0, 0.1) is 0 Å². The summed E-state index contributed by atoms with van der Waals surface area (Å²) in [4.78, 5) is 13.9. The first kappa shape index (κ1) is 11.0. The van der Waals surface area contributed by atoms with Gasteiger partial charge in [-0.2, -0.15) is 13.2 Å². The fourth-order valence-corrected chi connectivity index (χ4v) is 1.10. The van der Waals surface area contributed by atoms with Gasteiger partial charge in [0, 0.05) is 11.8 Å². The topological polar surface area (TPSA) is 30.0 Å². The summed E-state index contributed by atoms with van der Waals surface area (Å²) in [7, 11) is 0. The lowest BCUT2D eigenvalue weighted by molar-refractivity contribution is -0.141. The van der Waals surface area contributed by atoms with E-state index >= 15 is 0 Å². The van der Waals surface area contributed by atoms with E-state index in [1.54, 1.807) is 0 Å². The van der Waals surface area contributed by atoms with Crippen molar-refractivity contribution in [2.75, 3.05) is 0 Å². The summed E-state index contributed by atoms with van der Waals surface area (Å²) < 4.78 is 36.4. The zero-order chi connectivity index (χ0) is 10.9. The summed E-state index contributed by atoms with van der Waals surface area (Å²) in [6.45, 7) is 1.14. The summed E-state index contributed by atoms with van der Waals surface area (Å²) in [5.41, 5.74) is -1.29. The highest BCUT2D eigenvalue weighted by Crippen LogP contribution is 2.29. The highest BCUT2D eigenvalue weighted by atomic mass is 35.5. The SMILES string of the molecule is CC(=O)c1cc(C(F)(F)F)ncc1Cl. The normalized spacial score (nSPS) is 11.5. The summed E-state index contributed by atoms with van der Waals surface area (Å²) in [5, 5.41) is -0.0782. The second-order valence-electron chi connectivity index (χ2n) is 2.60. The molecular weight excluding hydrogens is 219 g/mol. The number of ketones is 1. The van der Waals surface area contributed by atoms with Gasteiger partial charge in [-0.15, -0.1) is 0 Å². The van der Waals surface area contributed by atoms with Crippen molar-refractivity contribution in [3.05, 3.63) is 28.5 Å². The molecule has 0 saturated carbocycles. The molecule has 0 aliphatic heterocycles. The van der Waals surface area contributed by atoms with E-state index in [4.69, 9.17) is 11.6 Å². The van der Waals surface area contributed by atoms with Gasteiger partial charge in [0.05, 0.1) is 5.02 Å². The molecule has 0 unspecified atom stereocenters. The van der Waals surface area contributed by atoms with Crippen LogP contribution in [0.2, 0.25) is 5.02 Å². The maximum absolute atomic E-state index is 12.1. The van der Waals surface area contributed by atoms with Crippen molar-refractivity contribution < 1.29 is 18.0 Å². The second kappa shape index (κ2) is 3.57. The summed E-state index contributed by atoms with van der Waals surface area (Å²) >= 11 is 5.49. The van der Waals surface area contributed by atoms with E-state index in [0.29, 0.717) is 6.07 Å². The summed E-state index contributed by atoms with van der Waals surface area (Å²) in [6.07, 6.45) is -3.74. The van der Waals surface area contributed by atoms with Gasteiger partial charge in [0.2, 0.25) is 0 Å². The molecule has 14 heavy (non-hydrogen) atoms. The van der Waals surface area contributed by atoms with Gasteiger partial charge in [-0.05, 0) is 13.0 Å². The van der Waals surface area contributed by atoms with E-state index < -0.39 is 17.7 Å². The Balaban J connectivity index is 3.27. The number of carbonyl (C=O) groups excluding carboxylic acids is 1. The van der Waals surface area contributed by atoms with Gasteiger partial charge in [0.1, 0.15) is 5.69 Å². The Kier molecular flexibility index (Phi) is 2.80. The smallest absolute Gasteiger partial charge is 0.294 e. The number of nitrogens with zero attached hydrogens (tertiary/aromatic N) is 1. The van der Waals surface area contributed by atoms with Crippen molar-refractivity contribution in [3.63, 3.8) is 0 Å². The minimum absolute atomic E-state index is 0.0782. The first-order valence-corrected chi connectivity index (χ1v) is 3.94. The molecule has 0 aliphatic rings. The van der Waals surface area contributed by atoms with E-state index in [9.17, 15) is 18.0 Å². The van der Waals surface area contributed by atoms with Crippen LogP contribution in [-0.4, -0.2) is 10.8 Å². The van der Waals surface area contributed by atoms with E-state index in [1.807, 2.05) is 0 Å². The number of pyridine rings is 1. The van der Waals surface area contributed by atoms with E-state index in [1.165, 1.54) is 0 Å². The fourth-order valence-electron chi connectivity index (χ4n) is 0.864. The van der Waals surface area contributed by atoms with E-state index in [-0.39, 0.29) is 10.6 Å². The average molecular weight is 224 g/mol. The van der Waals surface area contributed by atoms with E-state index in [0.717, 1.165) is 13.1 Å². The predicted molar refractivity (Wildman–Crippen MR) is 44.3 cm³/mol. The van der Waals surface area contributed by atoms with Crippen molar-refractivity contribution >= 4 is 17.4 Å². The molecule has 0 amide bonds. The highest BCUT2D eigenvalue weighted by molar-refractivity contribution is 6.33. The third-order valence-electron chi connectivity index (χ3n) is 1.53. The zero-order valence-electron chi connectivity index (χ0n) is 7.02. The molecule has 0 saturated heterocycles. The number of hydrogen-bond donors (Lipinski definition) is 0. The Hall–Kier alpha value is -1.10. The minimum atomic E-state index is -4.56. The van der Waals surface area contributed by atoms with Crippen LogP contribution in [0.1, 0.15) is 23.0 Å². The lowest BCUT2D eigenvalue weighted by atomic mass is 10.1. The summed E-state index contributed by atoms with van der Waals surface area (Å²) in [5.74, 6) is -0.525. The van der Waals surface area contributed by atoms with Gasteiger partial charge in [0.15, 0.2) is 5.78 Å². The second-order valence-corrected chi connectivity index (χ2v) is 3.01. The van der Waals surface area contributed by atoms with Crippen molar-refractivity contribution in [1.82, 2.24) is 4.98 Å². The molecule has 6 heteroatoms. The number of aromatic nitrogens is 1. The molecule has 0 N–H and O–H groups in total. The minimum Gasteiger partial charge on any atom is -0.294 e. The number of hydrogen-bond acceptors (Lipinski definition) is 2. The molecule has 0 spiro atoms. The Morgan fingerprint density at radius 3 is 2.50 bits per heavy atom. The number of halogens is 4. The van der Waals surface area contributed by atoms with Crippen LogP contribution in [0.4, 0.5) is 13.2 Å². The van der Waals surface area contributed by atoms with Crippen molar-refractivity contribution in [2.45, 2.75) is 13.1 Å². The van der Waals surface area contributed by atoms with Crippen LogP contribution < -0.4 is 0 Å². The molecule has 0 bridgehead atoms. The number of alkyl halides is 3. The molecule has 0 fully saturated rings. The maximum atomic E-state index is 12.1. The number of Topliss-reactive ketones (excluding diaryl/α,β-unsaturated/α-hetero) is 1. The molecular formula is C8H5ClF3NO. The first-order chi connectivity index (χ1) is 6.32. The highest BCUT2D eigenvalue weighted by Gasteiger charge is 2.33. The van der Waals surface area contributed by atoms with Gasteiger partial charge < -0.3 is 0 Å². The van der Waals surface area contributed by atoms with Crippen LogP contribution in [0.5, 0.6) is 0 Å². The zero-order valence-corrected chi connectivity index (χ0v) is 7.78. The fraction of sp³-hybridized carbons (Fsp3) is 0.250. The maximum Gasteiger partial charge on any atom is 0.433 e. The molecule has 76 valence electrons. The standard InChI is InChI=1S/C8H5ClF3NO/c1-4(14)5-2-7(8(10,11)12)13-3-6(5)9/h2-3H,1H3. The number of rotatable bonds is 1. The van der Waals surface area contributed by atoms with Crippen LogP contribution in [-0.2, 0) is 6.18 Å². The quantitative estimate of drug-likeness (QED) is 0.685. The molecule has 0 radical (unpaired) electrons. The molecule has 0 atom stereocenters. The Bertz CT molecular complexity index is 375. The van der Waals surface area contributed by atoms with Gasteiger partial charge in [0.25, 0.3) is 0 Å². The van der Waals surface area contributed by atoms with Crippen LogP contribution in [0.15, 0.2) is 12.3 Å². The van der Waals surface area contributed by atoms with Crippen molar-refractivity contribution in [3.8, 4) is 0 Å². The van der Waals surface area contributed by atoms with Crippen LogP contribution in [0.3, 0.4) is 0 Å². The third-order valence-corrected chi connectivity index (χ3v) is 1.83. The molecule has 1 aromatic rings. The van der Waals surface area contributed by atoms with Gasteiger partial charge in [-0.1, -0.05) is 11.6 Å². The number of carbonyl (C=O) groups is 1. The van der Waals surface area contributed by atoms with Gasteiger partial charge in [-0.25, -0.2) is 0 Å². The Morgan fingerprint density at radius 2 is 2.07 bits per heavy atom. The molecule has 1 heterocycles. The molecule has 1 aromatic heterocycles. The van der Waals surface area contributed by atoms with Crippen LogP contribution in [0.25, 0.3) is 0 Å². The average Bonchev–Trinajstić information content (AvgIpc) is 2.02. The monoisotopic (exact) mass is 223 g/mol. The molecule has 1 rings (SSSR count). The largest absolute Gasteiger partial charge is 0.433 e. The third kappa shape index (κ3) is 2.23.